The number of carbonyl (C=O) groups excluding carboxylic acids is 1. The van der Waals surface area contributed by atoms with Crippen LogP contribution >= 0.6 is 0 Å². The topological polar surface area (TPSA) is 126 Å². The van der Waals surface area contributed by atoms with E-state index in [0.29, 0.717) is 41.3 Å². The summed E-state index contributed by atoms with van der Waals surface area (Å²) in [5, 5.41) is 0. The Bertz CT molecular complexity index is 1730. The minimum atomic E-state index is -4.38. The molecule has 12 heteroatoms. The second-order valence-electron chi connectivity index (χ2n) is 11.4. The number of aryl methyl sites for hydroxylation is 2. The predicted octanol–water partition coefficient (Wildman–Crippen LogP) is 4.15. The molecule has 0 aromatic carbocycles. The molecule has 0 bridgehead atoms. The van der Waals surface area contributed by atoms with Gasteiger partial charge in [-0.1, -0.05) is 0 Å². The molecule has 1 amide bonds. The first-order chi connectivity index (χ1) is 20.2. The van der Waals surface area contributed by atoms with Crippen molar-refractivity contribution in [2.75, 3.05) is 31.9 Å². The molecule has 1 saturated heterocycles. The van der Waals surface area contributed by atoms with Gasteiger partial charge in [0.1, 0.15) is 5.82 Å². The van der Waals surface area contributed by atoms with Gasteiger partial charge >= 0.3 is 6.18 Å². The zero-order valence-corrected chi connectivity index (χ0v) is 24.6. The number of anilines is 1. The van der Waals surface area contributed by atoms with Crippen molar-refractivity contribution in [1.29, 1.82) is 0 Å². The Kier molecular flexibility index (Phi) is 8.10. The summed E-state index contributed by atoms with van der Waals surface area (Å²) in [5.74, 6) is -0.185. The van der Waals surface area contributed by atoms with Crippen LogP contribution in [0.25, 0.3) is 16.6 Å². The lowest BCUT2D eigenvalue weighted by molar-refractivity contribution is -0.156. The summed E-state index contributed by atoms with van der Waals surface area (Å²) in [6, 6.07) is 8.23. The molecule has 0 saturated carbocycles. The number of primary amides is 1. The molecular weight excluding hydrogens is 559 g/mol. The van der Waals surface area contributed by atoms with Crippen molar-refractivity contribution in [3.05, 3.63) is 86.7 Å². The van der Waals surface area contributed by atoms with Crippen LogP contribution in [-0.4, -0.2) is 68.5 Å². The van der Waals surface area contributed by atoms with Gasteiger partial charge in [0.25, 0.3) is 5.56 Å². The van der Waals surface area contributed by atoms with Crippen LogP contribution in [-0.2, 0) is 6.42 Å². The summed E-state index contributed by atoms with van der Waals surface area (Å²) in [6.45, 7) is 7.18. The lowest BCUT2D eigenvalue weighted by atomic mass is 9.96. The number of rotatable bonds is 7. The quantitative estimate of drug-likeness (QED) is 0.295. The fraction of sp³-hybridized carbons (Fsp3) is 0.387. The van der Waals surface area contributed by atoms with Crippen molar-refractivity contribution in [1.82, 2.24) is 24.2 Å². The van der Waals surface area contributed by atoms with E-state index in [2.05, 4.69) is 14.9 Å². The first kappa shape index (κ1) is 30.3. The van der Waals surface area contributed by atoms with Gasteiger partial charge in [0.15, 0.2) is 0 Å². The van der Waals surface area contributed by atoms with E-state index in [4.69, 9.17) is 11.5 Å². The van der Waals surface area contributed by atoms with Crippen LogP contribution < -0.4 is 17.0 Å². The van der Waals surface area contributed by atoms with E-state index in [9.17, 15) is 22.8 Å². The van der Waals surface area contributed by atoms with Gasteiger partial charge in [-0.25, -0.2) is 4.98 Å². The number of aromatic nitrogens is 3. The van der Waals surface area contributed by atoms with Crippen LogP contribution in [0.5, 0.6) is 0 Å². The average Bonchev–Trinajstić information content (AvgIpc) is 3.33. The number of amides is 1. The molecule has 1 fully saturated rings. The molecule has 0 spiro atoms. The van der Waals surface area contributed by atoms with Gasteiger partial charge in [-0.3, -0.25) is 19.4 Å². The highest BCUT2D eigenvalue weighted by atomic mass is 19.4. The Morgan fingerprint density at radius 2 is 1.91 bits per heavy atom. The molecule has 2 unspecified atom stereocenters. The highest BCUT2D eigenvalue weighted by molar-refractivity contribution is 5.97. The first-order valence-corrected chi connectivity index (χ1v) is 14.1. The van der Waals surface area contributed by atoms with Gasteiger partial charge in [-0.2, -0.15) is 13.2 Å². The lowest BCUT2D eigenvalue weighted by Gasteiger charge is -2.44. The monoisotopic (exact) mass is 595 g/mol. The van der Waals surface area contributed by atoms with Crippen molar-refractivity contribution >= 4 is 17.2 Å². The van der Waals surface area contributed by atoms with E-state index in [-0.39, 0.29) is 24.6 Å². The van der Waals surface area contributed by atoms with Crippen molar-refractivity contribution < 1.29 is 18.0 Å². The maximum atomic E-state index is 13.6. The zero-order chi connectivity index (χ0) is 31.2. The smallest absolute Gasteiger partial charge is 0.384 e. The van der Waals surface area contributed by atoms with Crippen molar-refractivity contribution in [2.24, 2.45) is 5.73 Å². The second-order valence-corrected chi connectivity index (χ2v) is 11.4. The molecule has 9 nitrogen and oxygen atoms in total. The zero-order valence-electron chi connectivity index (χ0n) is 24.6. The lowest BCUT2D eigenvalue weighted by Crippen LogP contribution is -2.57. The van der Waals surface area contributed by atoms with E-state index in [1.807, 2.05) is 49.6 Å². The number of H-pyrrole nitrogens is 1. The normalized spacial score (nSPS) is 17.4. The molecule has 228 valence electrons. The van der Waals surface area contributed by atoms with Gasteiger partial charge < -0.3 is 20.9 Å². The number of piperazine rings is 1. The van der Waals surface area contributed by atoms with E-state index < -0.39 is 24.7 Å². The van der Waals surface area contributed by atoms with E-state index in [1.165, 1.54) is 4.90 Å². The minimum absolute atomic E-state index is 0.170. The first-order valence-electron chi connectivity index (χ1n) is 14.1. The van der Waals surface area contributed by atoms with E-state index in [1.54, 1.807) is 25.3 Å². The highest BCUT2D eigenvalue weighted by Gasteiger charge is 2.38. The summed E-state index contributed by atoms with van der Waals surface area (Å²) >= 11 is 0. The third-order valence-corrected chi connectivity index (χ3v) is 8.51. The van der Waals surface area contributed by atoms with Crippen molar-refractivity contribution in [3.63, 3.8) is 0 Å². The Balaban J connectivity index is 1.55. The maximum Gasteiger partial charge on any atom is 0.401 e. The maximum absolute atomic E-state index is 13.6. The SMILES string of the molecule is Cc1cc(C)c(CC2CN(C(C)c3c(C)c(C(N)=O)cc4c(-c5ccc(N)nc5)ccn34)CCN2CC(F)(F)F)c(=O)[nH]1. The number of nitrogens with one attached hydrogen (secondary N) is 1. The Hall–Kier alpha value is -4.16. The number of alkyl halides is 3. The number of hydrogen-bond acceptors (Lipinski definition) is 6. The van der Waals surface area contributed by atoms with E-state index in [0.717, 1.165) is 27.9 Å². The fourth-order valence-corrected chi connectivity index (χ4v) is 6.39. The number of nitrogens with two attached hydrogens (primary N) is 2. The van der Waals surface area contributed by atoms with Crippen LogP contribution in [0.4, 0.5) is 19.0 Å². The highest BCUT2D eigenvalue weighted by Crippen LogP contribution is 2.35. The van der Waals surface area contributed by atoms with Crippen LogP contribution in [0, 0.1) is 20.8 Å². The summed E-state index contributed by atoms with van der Waals surface area (Å²) < 4.78 is 42.8. The van der Waals surface area contributed by atoms with Crippen molar-refractivity contribution in [3.8, 4) is 11.1 Å². The van der Waals surface area contributed by atoms with Crippen LogP contribution in [0.1, 0.15) is 51.4 Å². The molecule has 0 radical (unpaired) electrons. The molecule has 1 aliphatic rings. The number of carbonyl (C=O) groups is 1. The van der Waals surface area contributed by atoms with Gasteiger partial charge in [0.05, 0.1) is 12.1 Å². The van der Waals surface area contributed by atoms with Crippen LogP contribution in [0.2, 0.25) is 0 Å². The van der Waals surface area contributed by atoms with E-state index >= 15 is 0 Å². The molecule has 5 rings (SSSR count). The molecule has 2 atom stereocenters. The molecule has 4 aromatic rings. The van der Waals surface area contributed by atoms with Gasteiger partial charge in [0, 0.05) is 77.8 Å². The fourth-order valence-electron chi connectivity index (χ4n) is 6.39. The van der Waals surface area contributed by atoms with Gasteiger partial charge in [-0.05, 0) is 75.6 Å². The Morgan fingerprint density at radius 3 is 2.53 bits per heavy atom. The number of pyridine rings is 3. The third-order valence-electron chi connectivity index (χ3n) is 8.51. The number of halogens is 3. The average molecular weight is 596 g/mol. The third kappa shape index (κ3) is 6.16. The predicted molar refractivity (Wildman–Crippen MR) is 160 cm³/mol. The molecule has 5 N–H and O–H groups in total. The van der Waals surface area contributed by atoms with Crippen LogP contribution in [0.3, 0.4) is 0 Å². The largest absolute Gasteiger partial charge is 0.401 e. The summed E-state index contributed by atoms with van der Waals surface area (Å²) in [4.78, 5) is 35.9. The molecule has 43 heavy (non-hydrogen) atoms. The van der Waals surface area contributed by atoms with Gasteiger partial charge in [-0.15, -0.1) is 0 Å². The number of hydrogen-bond donors (Lipinski definition) is 3. The summed E-state index contributed by atoms with van der Waals surface area (Å²) in [7, 11) is 0. The summed E-state index contributed by atoms with van der Waals surface area (Å²) in [5.41, 5.74) is 17.5. The van der Waals surface area contributed by atoms with Crippen molar-refractivity contribution in [2.45, 2.75) is 52.4 Å². The Labute approximate surface area is 247 Å². The molecule has 4 aromatic heterocycles. The van der Waals surface area contributed by atoms with Gasteiger partial charge in [0.2, 0.25) is 5.91 Å². The number of nitrogens with zero attached hydrogens (tertiary/aromatic N) is 4. The number of fused-ring (bicyclic) bond motifs is 1. The Morgan fingerprint density at radius 1 is 1.16 bits per heavy atom. The standard InChI is InChI=1S/C31H36F3N7O2/c1-17-11-18(2)38-30(43)24(17)12-22-15-39(9-10-40(22)16-31(32,33)34)20(4)28-19(3)25(29(36)42)13-26-23(7-8-41(26)28)21-5-6-27(35)37-14-21/h5-8,11,13-14,20,22H,9-10,12,15-16H2,1-4H3,(H2,35,37)(H2,36,42)(H,38,43). The number of nitrogen functional groups attached to an aromatic ring is 1. The number of aromatic amines is 1. The van der Waals surface area contributed by atoms with Crippen LogP contribution in [0.15, 0.2) is 47.5 Å². The second kappa shape index (κ2) is 11.5. The molecular formula is C31H36F3N7O2. The molecule has 5 heterocycles. The minimum Gasteiger partial charge on any atom is -0.384 e. The summed E-state index contributed by atoms with van der Waals surface area (Å²) in [6.07, 6.45) is -0.625. The molecule has 0 aliphatic carbocycles. The molecule has 1 aliphatic heterocycles.